The number of anilines is 2. The summed E-state index contributed by atoms with van der Waals surface area (Å²) >= 11 is 12.7. The van der Waals surface area contributed by atoms with Gasteiger partial charge in [-0.05, 0) is 72.9 Å². The summed E-state index contributed by atoms with van der Waals surface area (Å²) < 4.78 is 46.8. The highest BCUT2D eigenvalue weighted by Crippen LogP contribution is 2.65. The number of carbonyl (C=O) groups is 5. The van der Waals surface area contributed by atoms with Gasteiger partial charge in [0.25, 0.3) is 11.8 Å². The number of halogens is 5. The Morgan fingerprint density at radius 3 is 2.22 bits per heavy atom. The highest BCUT2D eigenvalue weighted by atomic mass is 35.5. The van der Waals surface area contributed by atoms with Gasteiger partial charge in [0.1, 0.15) is 12.4 Å². The standard InChI is InChI=1S/C47H35Cl2F3N4O7/c48-29-14-12-27(13-15-29)46-35(43(60)56(45(46)62)54-41-36(49)22-28(24-53-41)47(50,51)52)23-34-31(39(46)32-8-4-5-9-37(32)63-21-20-57)18-19-33-38(34)44(61)55(42(33)59)30-16-10-26(11-17-30)40(58)25-6-2-1-3-7-25/h1-18,22,24,33-35,38-39,57H,19-21,23H2,(H,53,54)/t33-,34+,35-,38-,39+,46+/m0/s1. The van der Waals surface area contributed by atoms with Crippen LogP contribution in [0.15, 0.2) is 127 Å². The number of fused-ring (bicyclic) bond motifs is 4. The van der Waals surface area contributed by atoms with Gasteiger partial charge < -0.3 is 9.84 Å². The topological polar surface area (TPSA) is 146 Å². The minimum atomic E-state index is -4.78. The highest BCUT2D eigenvalue weighted by Gasteiger charge is 2.71. The molecule has 11 nitrogen and oxygen atoms in total. The number of carbonyl (C=O) groups excluding carboxylic acids is 5. The lowest BCUT2D eigenvalue weighted by molar-refractivity contribution is -0.139. The molecule has 5 aromatic rings. The number of ether oxygens (including phenoxy) is 1. The Kier molecular flexibility index (Phi) is 10.7. The molecule has 2 N–H and O–H groups in total. The molecular weight excluding hydrogens is 860 g/mol. The number of hydrogen-bond acceptors (Lipinski definition) is 9. The van der Waals surface area contributed by atoms with E-state index < -0.39 is 75.4 Å². The van der Waals surface area contributed by atoms with Crippen molar-refractivity contribution in [3.63, 3.8) is 0 Å². The normalized spacial score (nSPS) is 24.2. The number of pyridine rings is 1. The maximum Gasteiger partial charge on any atom is 0.417 e. The summed E-state index contributed by atoms with van der Waals surface area (Å²) in [7, 11) is 0. The first-order valence-corrected chi connectivity index (χ1v) is 20.7. The molecule has 4 aliphatic rings. The molecule has 63 heavy (non-hydrogen) atoms. The first kappa shape index (κ1) is 42.0. The van der Waals surface area contributed by atoms with Gasteiger partial charge in [-0.3, -0.25) is 34.3 Å². The second-order valence-corrected chi connectivity index (χ2v) is 16.6. The Morgan fingerprint density at radius 1 is 0.857 bits per heavy atom. The fourth-order valence-electron chi connectivity index (χ4n) is 9.91. The van der Waals surface area contributed by atoms with Crippen LogP contribution in [0.1, 0.15) is 51.4 Å². The lowest BCUT2D eigenvalue weighted by Crippen LogP contribution is -2.53. The molecular formula is C47H35Cl2F3N4O7. The SMILES string of the molecule is O=C(c1ccccc1)c1ccc(N2C(=O)[C@H]3[C@H](CC=C4[C@H]3C[C@H]3C(=O)N(Nc5ncc(C(F)(F)F)cc5Cl)C(=O)[C@@]3(c3ccc(Cl)cc3)[C@H]4c3ccccc3OCCO)C2=O)cc1. The number of hydrogen-bond donors (Lipinski definition) is 2. The molecule has 0 bridgehead atoms. The third-order valence-electron chi connectivity index (χ3n) is 12.6. The Bertz CT molecular complexity index is 2720. The molecule has 3 heterocycles. The second-order valence-electron chi connectivity index (χ2n) is 15.8. The molecule has 16 heteroatoms. The number of aliphatic hydroxyl groups excluding tert-OH is 1. The number of aliphatic hydroxyl groups is 1. The number of nitrogens with zero attached hydrogens (tertiary/aromatic N) is 3. The summed E-state index contributed by atoms with van der Waals surface area (Å²) in [6.07, 6.45) is -2.38. The fourth-order valence-corrected chi connectivity index (χ4v) is 10.2. The number of amides is 4. The van der Waals surface area contributed by atoms with E-state index in [0.717, 1.165) is 4.90 Å². The van der Waals surface area contributed by atoms with Crippen LogP contribution in [0.3, 0.4) is 0 Å². The van der Waals surface area contributed by atoms with Crippen molar-refractivity contribution in [2.45, 2.75) is 30.4 Å². The maximum absolute atomic E-state index is 15.5. The quantitative estimate of drug-likeness (QED) is 0.0805. The summed E-state index contributed by atoms with van der Waals surface area (Å²) in [6, 6.07) is 28.7. The maximum atomic E-state index is 15.5. The van der Waals surface area contributed by atoms with E-state index in [0.29, 0.717) is 50.1 Å². The molecule has 0 unspecified atom stereocenters. The van der Waals surface area contributed by atoms with Crippen molar-refractivity contribution in [1.82, 2.24) is 9.99 Å². The van der Waals surface area contributed by atoms with E-state index >= 15 is 9.59 Å². The van der Waals surface area contributed by atoms with Gasteiger partial charge in [0, 0.05) is 33.8 Å². The van der Waals surface area contributed by atoms with E-state index in [4.69, 9.17) is 27.9 Å². The molecule has 4 amide bonds. The molecule has 1 saturated carbocycles. The monoisotopic (exact) mass is 894 g/mol. The van der Waals surface area contributed by atoms with Gasteiger partial charge in [0.2, 0.25) is 11.8 Å². The predicted molar refractivity (Wildman–Crippen MR) is 225 cm³/mol. The molecule has 0 spiro atoms. The Hall–Kier alpha value is -6.35. The van der Waals surface area contributed by atoms with Gasteiger partial charge in [-0.2, -0.15) is 18.2 Å². The molecule has 4 aromatic carbocycles. The average molecular weight is 896 g/mol. The number of ketones is 1. The van der Waals surface area contributed by atoms with Gasteiger partial charge in [-0.15, -0.1) is 0 Å². The summed E-state index contributed by atoms with van der Waals surface area (Å²) in [4.78, 5) is 77.9. The number of hydrazine groups is 1. The van der Waals surface area contributed by atoms with Crippen LogP contribution in [0.2, 0.25) is 10.0 Å². The fraction of sp³-hybridized carbons (Fsp3) is 0.234. The zero-order valence-corrected chi connectivity index (χ0v) is 34.4. The van der Waals surface area contributed by atoms with Crippen molar-refractivity contribution in [1.29, 1.82) is 0 Å². The lowest BCUT2D eigenvalue weighted by atomic mass is 9.49. The molecule has 2 aliphatic heterocycles. The summed E-state index contributed by atoms with van der Waals surface area (Å²) in [5, 5.41) is 10.3. The second kappa shape index (κ2) is 16.1. The third kappa shape index (κ3) is 6.87. The van der Waals surface area contributed by atoms with E-state index in [1.54, 1.807) is 103 Å². The molecule has 0 radical (unpaired) electrons. The Morgan fingerprint density at radius 2 is 1.54 bits per heavy atom. The minimum absolute atomic E-state index is 0.0971. The minimum Gasteiger partial charge on any atom is -0.491 e. The average Bonchev–Trinajstić information content (AvgIpc) is 3.66. The van der Waals surface area contributed by atoms with E-state index in [2.05, 4.69) is 10.4 Å². The summed E-state index contributed by atoms with van der Waals surface area (Å²) in [5.41, 5.74) is 2.19. The summed E-state index contributed by atoms with van der Waals surface area (Å²) in [5.74, 6) is -7.77. The first-order chi connectivity index (χ1) is 30.2. The van der Waals surface area contributed by atoms with E-state index in [1.165, 1.54) is 0 Å². The zero-order chi connectivity index (χ0) is 44.4. The van der Waals surface area contributed by atoms with E-state index in [9.17, 15) is 32.7 Å². The molecule has 1 aromatic heterocycles. The molecule has 2 aliphatic carbocycles. The summed E-state index contributed by atoms with van der Waals surface area (Å²) in [6.45, 7) is -0.465. The number of allylic oxidation sites excluding steroid dienone is 2. The van der Waals surface area contributed by atoms with Crippen LogP contribution in [-0.2, 0) is 30.8 Å². The zero-order valence-electron chi connectivity index (χ0n) is 32.9. The van der Waals surface area contributed by atoms with Gasteiger partial charge in [-0.1, -0.05) is 95.5 Å². The number of rotatable bonds is 10. The molecule has 2 saturated heterocycles. The first-order valence-electron chi connectivity index (χ1n) is 20.0. The molecule has 320 valence electrons. The largest absolute Gasteiger partial charge is 0.491 e. The van der Waals surface area contributed by atoms with Gasteiger partial charge >= 0.3 is 6.18 Å². The van der Waals surface area contributed by atoms with Crippen molar-refractivity contribution in [3.8, 4) is 5.75 Å². The molecule has 6 atom stereocenters. The third-order valence-corrected chi connectivity index (χ3v) is 13.1. The van der Waals surface area contributed by atoms with Crippen LogP contribution >= 0.6 is 23.2 Å². The number of para-hydroxylation sites is 1. The Balaban J connectivity index is 1.17. The van der Waals surface area contributed by atoms with Gasteiger partial charge in [0.05, 0.1) is 46.0 Å². The van der Waals surface area contributed by atoms with Gasteiger partial charge in [-0.25, -0.2) is 4.98 Å². The smallest absolute Gasteiger partial charge is 0.417 e. The van der Waals surface area contributed by atoms with Crippen molar-refractivity contribution in [3.05, 3.63) is 165 Å². The predicted octanol–water partition coefficient (Wildman–Crippen LogP) is 8.20. The van der Waals surface area contributed by atoms with Crippen LogP contribution in [-0.4, -0.2) is 57.7 Å². The van der Waals surface area contributed by atoms with E-state index in [1.807, 2.05) is 6.08 Å². The lowest BCUT2D eigenvalue weighted by Gasteiger charge is -2.50. The van der Waals surface area contributed by atoms with E-state index in [-0.39, 0.29) is 49.1 Å². The highest BCUT2D eigenvalue weighted by molar-refractivity contribution is 6.33. The molecule has 9 rings (SSSR count). The number of nitrogens with one attached hydrogen (secondary N) is 1. The van der Waals surface area contributed by atoms with Crippen LogP contribution in [0.5, 0.6) is 5.75 Å². The Labute approximate surface area is 368 Å². The number of alkyl halides is 3. The van der Waals surface area contributed by atoms with Crippen molar-refractivity contribution in [2.24, 2.45) is 23.7 Å². The van der Waals surface area contributed by atoms with Crippen LogP contribution in [0.25, 0.3) is 0 Å². The van der Waals surface area contributed by atoms with Crippen LogP contribution in [0.4, 0.5) is 24.7 Å². The van der Waals surface area contributed by atoms with Crippen molar-refractivity contribution < 1.29 is 47.0 Å². The van der Waals surface area contributed by atoms with Crippen molar-refractivity contribution in [2.75, 3.05) is 23.5 Å². The van der Waals surface area contributed by atoms with Crippen molar-refractivity contribution >= 4 is 64.1 Å². The number of aromatic nitrogens is 1. The molecule has 3 fully saturated rings. The van der Waals surface area contributed by atoms with Crippen LogP contribution in [0, 0.1) is 23.7 Å². The number of imide groups is 2. The number of benzene rings is 4. The van der Waals surface area contributed by atoms with Gasteiger partial charge in [0.15, 0.2) is 11.6 Å². The van der Waals surface area contributed by atoms with Crippen LogP contribution < -0.4 is 15.1 Å².